The predicted molar refractivity (Wildman–Crippen MR) is 98.4 cm³/mol. The van der Waals surface area contributed by atoms with Crippen LogP contribution in [0, 0.1) is 0 Å². The quantitative estimate of drug-likeness (QED) is 0.783. The molecular weight excluding hydrogens is 360 g/mol. The zero-order valence-electron chi connectivity index (χ0n) is 14.7. The maximum Gasteiger partial charge on any atom is 0.219 e. The van der Waals surface area contributed by atoms with Crippen molar-refractivity contribution in [2.75, 3.05) is 19.3 Å². The van der Waals surface area contributed by atoms with Crippen molar-refractivity contribution >= 4 is 27.3 Å². The number of rotatable bonds is 5. The zero-order chi connectivity index (χ0) is 18.2. The molecule has 1 heterocycles. The fraction of sp³-hybridized carbons (Fsp3) is 0.611. The summed E-state index contributed by atoms with van der Waals surface area (Å²) in [5, 5.41) is 0.442. The molecule has 1 amide bonds. The number of benzene rings is 1. The van der Waals surface area contributed by atoms with Gasteiger partial charge in [0.2, 0.25) is 5.91 Å². The summed E-state index contributed by atoms with van der Waals surface area (Å²) in [6.07, 6.45) is 5.44. The van der Waals surface area contributed by atoms with Gasteiger partial charge in [0.1, 0.15) is 0 Å². The van der Waals surface area contributed by atoms with Gasteiger partial charge in [0.15, 0.2) is 9.84 Å². The molecule has 0 spiro atoms. The van der Waals surface area contributed by atoms with Crippen LogP contribution in [-0.4, -0.2) is 55.6 Å². The van der Waals surface area contributed by atoms with E-state index in [0.717, 1.165) is 44.3 Å². The van der Waals surface area contributed by atoms with Crippen molar-refractivity contribution < 1.29 is 13.2 Å². The normalized spacial score (nSPS) is 19.4. The summed E-state index contributed by atoms with van der Waals surface area (Å²) in [6, 6.07) is 6.06. The molecular formula is C18H25ClN2O3S. The van der Waals surface area contributed by atoms with E-state index in [1.807, 2.05) is 11.0 Å². The Morgan fingerprint density at radius 2 is 1.80 bits per heavy atom. The molecule has 1 aromatic rings. The lowest BCUT2D eigenvalue weighted by molar-refractivity contribution is -0.130. The zero-order valence-corrected chi connectivity index (χ0v) is 16.3. The molecule has 0 atom stereocenters. The van der Waals surface area contributed by atoms with Crippen LogP contribution in [0.2, 0.25) is 5.02 Å². The molecule has 1 aliphatic carbocycles. The molecule has 2 aliphatic rings. The van der Waals surface area contributed by atoms with Crippen molar-refractivity contribution in [2.24, 2.45) is 0 Å². The van der Waals surface area contributed by atoms with Crippen molar-refractivity contribution in [1.82, 2.24) is 9.80 Å². The van der Waals surface area contributed by atoms with Crippen molar-refractivity contribution in [3.05, 3.63) is 28.8 Å². The molecule has 138 valence electrons. The number of halogens is 1. The molecule has 25 heavy (non-hydrogen) atoms. The Kier molecular flexibility index (Phi) is 5.42. The highest BCUT2D eigenvalue weighted by atomic mass is 35.5. The van der Waals surface area contributed by atoms with Crippen LogP contribution in [0.15, 0.2) is 23.1 Å². The van der Waals surface area contributed by atoms with Gasteiger partial charge in [-0.15, -0.1) is 0 Å². The minimum atomic E-state index is -3.32. The van der Waals surface area contributed by atoms with Crippen LogP contribution in [0.4, 0.5) is 0 Å². The van der Waals surface area contributed by atoms with E-state index in [4.69, 9.17) is 11.6 Å². The fourth-order valence-electron chi connectivity index (χ4n) is 3.68. The van der Waals surface area contributed by atoms with Crippen molar-refractivity contribution in [3.63, 3.8) is 0 Å². The second-order valence-corrected chi connectivity index (χ2v) is 9.59. The average Bonchev–Trinajstić information content (AvgIpc) is 3.37. The minimum Gasteiger partial charge on any atom is -0.343 e. The van der Waals surface area contributed by atoms with E-state index in [0.29, 0.717) is 28.5 Å². The van der Waals surface area contributed by atoms with Crippen LogP contribution in [0.25, 0.3) is 0 Å². The summed E-state index contributed by atoms with van der Waals surface area (Å²) in [6.45, 7) is 3.80. The van der Waals surface area contributed by atoms with Gasteiger partial charge in [-0.3, -0.25) is 9.69 Å². The van der Waals surface area contributed by atoms with Gasteiger partial charge in [-0.25, -0.2) is 8.42 Å². The van der Waals surface area contributed by atoms with Crippen molar-refractivity contribution in [2.45, 2.75) is 56.1 Å². The third-order valence-corrected chi connectivity index (χ3v) is 6.59. The number of sulfone groups is 1. The topological polar surface area (TPSA) is 57.7 Å². The lowest BCUT2D eigenvalue weighted by Crippen LogP contribution is -2.46. The largest absolute Gasteiger partial charge is 0.343 e. The Hall–Kier alpha value is -1.11. The Morgan fingerprint density at radius 1 is 1.20 bits per heavy atom. The summed E-state index contributed by atoms with van der Waals surface area (Å²) < 4.78 is 24.3. The average molecular weight is 385 g/mol. The molecule has 0 radical (unpaired) electrons. The van der Waals surface area contributed by atoms with E-state index >= 15 is 0 Å². The molecule has 7 heteroatoms. The number of nitrogens with zero attached hydrogens (tertiary/aromatic N) is 2. The van der Waals surface area contributed by atoms with Gasteiger partial charge < -0.3 is 4.90 Å². The molecule has 2 fully saturated rings. The smallest absolute Gasteiger partial charge is 0.219 e. The molecule has 1 aliphatic heterocycles. The van der Waals surface area contributed by atoms with Gasteiger partial charge in [0.05, 0.1) is 4.90 Å². The number of hydrogen-bond donors (Lipinski definition) is 0. The standard InChI is InChI=1S/C18H25ClN2O3S/c1-13(22)20-9-7-17(8-10-20)21(16-5-6-16)12-14-3-4-15(19)11-18(14)25(2,23)24/h3-4,11,16-17H,5-10,12H2,1-2H3. The van der Waals surface area contributed by atoms with Crippen LogP contribution >= 0.6 is 11.6 Å². The molecule has 1 saturated carbocycles. The van der Waals surface area contributed by atoms with Crippen LogP contribution in [0.1, 0.15) is 38.2 Å². The summed E-state index contributed by atoms with van der Waals surface area (Å²) in [5.74, 6) is 0.133. The van der Waals surface area contributed by atoms with E-state index in [1.54, 1.807) is 19.1 Å². The van der Waals surface area contributed by atoms with Crippen LogP contribution in [-0.2, 0) is 21.2 Å². The van der Waals surface area contributed by atoms with Gasteiger partial charge in [0.25, 0.3) is 0 Å². The molecule has 0 aromatic heterocycles. The maximum absolute atomic E-state index is 12.1. The van der Waals surface area contributed by atoms with Crippen molar-refractivity contribution in [1.29, 1.82) is 0 Å². The third-order valence-electron chi connectivity index (χ3n) is 5.18. The lowest BCUT2D eigenvalue weighted by Gasteiger charge is -2.38. The van der Waals surface area contributed by atoms with E-state index in [9.17, 15) is 13.2 Å². The first-order valence-corrected chi connectivity index (χ1v) is 11.0. The second-order valence-electron chi connectivity index (χ2n) is 7.16. The highest BCUT2D eigenvalue weighted by molar-refractivity contribution is 7.90. The number of amides is 1. The lowest BCUT2D eigenvalue weighted by atomic mass is 10.0. The molecule has 1 aromatic carbocycles. The van der Waals surface area contributed by atoms with Gasteiger partial charge in [-0.1, -0.05) is 17.7 Å². The molecule has 0 bridgehead atoms. The first-order valence-electron chi connectivity index (χ1n) is 8.75. The number of likely N-dealkylation sites (tertiary alicyclic amines) is 1. The molecule has 1 saturated heterocycles. The first-order chi connectivity index (χ1) is 11.8. The number of carbonyl (C=O) groups is 1. The number of piperidine rings is 1. The van der Waals surface area contributed by atoms with Crippen LogP contribution < -0.4 is 0 Å². The highest BCUT2D eigenvalue weighted by Crippen LogP contribution is 2.34. The molecule has 5 nitrogen and oxygen atoms in total. The Balaban J connectivity index is 1.79. The van der Waals surface area contributed by atoms with Crippen molar-refractivity contribution in [3.8, 4) is 0 Å². The van der Waals surface area contributed by atoms with E-state index < -0.39 is 9.84 Å². The predicted octanol–water partition coefficient (Wildman–Crippen LogP) is 2.72. The molecule has 0 N–H and O–H groups in total. The van der Waals surface area contributed by atoms with Gasteiger partial charge in [0, 0.05) is 49.9 Å². The Morgan fingerprint density at radius 3 is 2.32 bits per heavy atom. The summed E-state index contributed by atoms with van der Waals surface area (Å²) in [7, 11) is -3.32. The molecule has 0 unspecified atom stereocenters. The van der Waals surface area contributed by atoms with Gasteiger partial charge in [-0.2, -0.15) is 0 Å². The SMILES string of the molecule is CC(=O)N1CCC(N(Cc2ccc(Cl)cc2S(C)(=O)=O)C2CC2)CC1. The molecule has 3 rings (SSSR count). The minimum absolute atomic E-state index is 0.133. The summed E-state index contributed by atoms with van der Waals surface area (Å²) in [4.78, 5) is 16.2. The van der Waals surface area contributed by atoms with E-state index in [-0.39, 0.29) is 5.91 Å². The maximum atomic E-state index is 12.1. The third kappa shape index (κ3) is 4.54. The number of carbonyl (C=O) groups excluding carboxylic acids is 1. The van der Waals surface area contributed by atoms with Crippen LogP contribution in [0.5, 0.6) is 0 Å². The van der Waals surface area contributed by atoms with E-state index in [1.165, 1.54) is 6.26 Å². The Labute approximate surface area is 154 Å². The van der Waals surface area contributed by atoms with Gasteiger partial charge in [-0.05, 0) is 43.4 Å². The van der Waals surface area contributed by atoms with Gasteiger partial charge >= 0.3 is 0 Å². The highest BCUT2D eigenvalue weighted by Gasteiger charge is 2.36. The summed E-state index contributed by atoms with van der Waals surface area (Å²) in [5.41, 5.74) is 0.813. The van der Waals surface area contributed by atoms with Crippen LogP contribution in [0.3, 0.4) is 0 Å². The monoisotopic (exact) mass is 384 g/mol. The number of hydrogen-bond acceptors (Lipinski definition) is 4. The van der Waals surface area contributed by atoms with E-state index in [2.05, 4.69) is 4.90 Å². The fourth-order valence-corrected chi connectivity index (χ4v) is 4.86. The second kappa shape index (κ2) is 7.25. The Bertz CT molecular complexity index is 754. The summed E-state index contributed by atoms with van der Waals surface area (Å²) >= 11 is 6.01. The first kappa shape index (κ1) is 18.7.